The van der Waals surface area contributed by atoms with Crippen LogP contribution in [-0.4, -0.2) is 36.1 Å². The second-order valence-electron chi connectivity index (χ2n) is 8.22. The van der Waals surface area contributed by atoms with Crippen molar-refractivity contribution >= 4 is 17.4 Å². The van der Waals surface area contributed by atoms with Crippen molar-refractivity contribution in [3.05, 3.63) is 77.6 Å². The van der Waals surface area contributed by atoms with Crippen LogP contribution in [-0.2, 0) is 11.3 Å². The molecule has 1 N–H and O–H groups in total. The molecule has 1 aliphatic heterocycles. The van der Waals surface area contributed by atoms with Gasteiger partial charge < -0.3 is 14.7 Å². The molecule has 0 radical (unpaired) electrons. The number of likely N-dealkylation sites (N-methyl/N-ethyl adjacent to an activating group) is 1. The van der Waals surface area contributed by atoms with Gasteiger partial charge in [0.15, 0.2) is 5.82 Å². The van der Waals surface area contributed by atoms with E-state index in [4.69, 9.17) is 4.52 Å². The maximum Gasteiger partial charge on any atom is 0.247 e. The van der Waals surface area contributed by atoms with E-state index in [2.05, 4.69) is 44.5 Å². The largest absolute Gasteiger partial charge is 0.371 e. The molecule has 1 aromatic heterocycles. The zero-order valence-electron chi connectivity index (χ0n) is 18.3. The van der Waals surface area contributed by atoms with E-state index in [1.807, 2.05) is 37.4 Å². The Balaban J connectivity index is 1.58. The number of nitrogens with zero attached hydrogens (tertiary/aromatic N) is 3. The number of piperidine rings is 1. The van der Waals surface area contributed by atoms with E-state index in [-0.39, 0.29) is 5.91 Å². The molecule has 162 valence electrons. The molecule has 0 saturated carbocycles. The molecule has 1 atom stereocenters. The summed E-state index contributed by atoms with van der Waals surface area (Å²) in [7, 11) is 2.00. The summed E-state index contributed by atoms with van der Waals surface area (Å²) in [5.74, 6) is 0.971. The smallest absolute Gasteiger partial charge is 0.247 e. The number of anilines is 2. The molecule has 31 heavy (non-hydrogen) atoms. The summed E-state index contributed by atoms with van der Waals surface area (Å²) < 4.78 is 5.11. The fourth-order valence-electron chi connectivity index (χ4n) is 4.31. The molecule has 3 aromatic rings. The molecule has 0 spiro atoms. The quantitative estimate of drug-likeness (QED) is 0.598. The van der Waals surface area contributed by atoms with Gasteiger partial charge in [-0.1, -0.05) is 53.7 Å². The highest BCUT2D eigenvalue weighted by Crippen LogP contribution is 2.29. The van der Waals surface area contributed by atoms with Crippen LogP contribution in [0.3, 0.4) is 0 Å². The van der Waals surface area contributed by atoms with Gasteiger partial charge in [-0.3, -0.25) is 9.69 Å². The van der Waals surface area contributed by atoms with Crippen LogP contribution >= 0.6 is 0 Å². The maximum atomic E-state index is 13.3. The first-order valence-corrected chi connectivity index (χ1v) is 10.9. The first kappa shape index (κ1) is 21.1. The molecule has 0 aliphatic carbocycles. The number of hydrogen-bond donors (Lipinski definition) is 1. The Hall–Kier alpha value is -3.12. The minimum absolute atomic E-state index is 0.127. The molecule has 1 amide bonds. The second-order valence-corrected chi connectivity index (χ2v) is 8.22. The van der Waals surface area contributed by atoms with E-state index >= 15 is 0 Å². The Morgan fingerprint density at radius 3 is 2.52 bits per heavy atom. The zero-order chi connectivity index (χ0) is 21.6. The minimum atomic E-state index is -0.451. The first-order valence-electron chi connectivity index (χ1n) is 10.9. The Kier molecular flexibility index (Phi) is 6.67. The van der Waals surface area contributed by atoms with Crippen molar-refractivity contribution in [1.29, 1.82) is 0 Å². The number of carbonyl (C=O) groups excluding carboxylic acids is 1. The SMILES string of the molecule is Cc1cc(NC(=O)C(c2ccccc2)N(C)Cc2ccccc2N2CCCCC2)no1. The highest BCUT2D eigenvalue weighted by molar-refractivity contribution is 5.94. The minimum Gasteiger partial charge on any atom is -0.371 e. The predicted molar refractivity (Wildman–Crippen MR) is 123 cm³/mol. The van der Waals surface area contributed by atoms with Gasteiger partial charge in [-0.15, -0.1) is 0 Å². The van der Waals surface area contributed by atoms with Gasteiger partial charge in [-0.05, 0) is 50.4 Å². The lowest BCUT2D eigenvalue weighted by molar-refractivity contribution is -0.121. The van der Waals surface area contributed by atoms with Gasteiger partial charge in [0.2, 0.25) is 5.91 Å². The van der Waals surface area contributed by atoms with Crippen LogP contribution in [0.1, 0.15) is 42.2 Å². The van der Waals surface area contributed by atoms with Gasteiger partial charge in [0.05, 0.1) is 0 Å². The number of hydrogen-bond acceptors (Lipinski definition) is 5. The van der Waals surface area contributed by atoms with Crippen LogP contribution < -0.4 is 10.2 Å². The summed E-state index contributed by atoms with van der Waals surface area (Å²) >= 11 is 0. The molecule has 2 aromatic carbocycles. The third-order valence-electron chi connectivity index (χ3n) is 5.79. The van der Waals surface area contributed by atoms with Gasteiger partial charge in [0, 0.05) is 31.4 Å². The van der Waals surface area contributed by atoms with Gasteiger partial charge in [0.1, 0.15) is 11.8 Å². The van der Waals surface area contributed by atoms with Gasteiger partial charge in [0.25, 0.3) is 0 Å². The fraction of sp³-hybridized carbons (Fsp3) is 0.360. The second kappa shape index (κ2) is 9.79. The number of aryl methyl sites for hydroxylation is 1. The molecule has 1 fully saturated rings. The summed E-state index contributed by atoms with van der Waals surface area (Å²) in [4.78, 5) is 17.9. The normalized spacial score (nSPS) is 15.1. The Morgan fingerprint density at radius 1 is 1.10 bits per heavy atom. The summed E-state index contributed by atoms with van der Waals surface area (Å²) in [6.45, 7) is 4.65. The number of para-hydroxylation sites is 1. The number of rotatable bonds is 7. The highest BCUT2D eigenvalue weighted by Gasteiger charge is 2.27. The Morgan fingerprint density at radius 2 is 1.81 bits per heavy atom. The molecular formula is C25H30N4O2. The number of benzene rings is 2. The van der Waals surface area contributed by atoms with E-state index in [1.165, 1.54) is 30.5 Å². The molecule has 1 aliphatic rings. The molecule has 4 rings (SSSR count). The molecule has 1 saturated heterocycles. The van der Waals surface area contributed by atoms with Gasteiger partial charge in [-0.25, -0.2) is 0 Å². The average molecular weight is 419 g/mol. The molecule has 6 nitrogen and oxygen atoms in total. The lowest BCUT2D eigenvalue weighted by Crippen LogP contribution is -2.35. The molecular weight excluding hydrogens is 388 g/mol. The van der Waals surface area contributed by atoms with Gasteiger partial charge >= 0.3 is 0 Å². The summed E-state index contributed by atoms with van der Waals surface area (Å²) in [6, 6.07) is 19.7. The van der Waals surface area contributed by atoms with Crippen LogP contribution in [0.25, 0.3) is 0 Å². The number of aromatic nitrogens is 1. The Bertz CT molecular complexity index is 996. The lowest BCUT2D eigenvalue weighted by Gasteiger charge is -2.33. The molecule has 0 bridgehead atoms. The molecule has 1 unspecified atom stereocenters. The van der Waals surface area contributed by atoms with Crippen LogP contribution in [0.5, 0.6) is 0 Å². The fourth-order valence-corrected chi connectivity index (χ4v) is 4.31. The summed E-state index contributed by atoms with van der Waals surface area (Å²) in [5.41, 5.74) is 3.45. The van der Waals surface area contributed by atoms with Crippen molar-refractivity contribution in [2.45, 2.75) is 38.8 Å². The first-order chi connectivity index (χ1) is 15.1. The van der Waals surface area contributed by atoms with Crippen LogP contribution in [0.2, 0.25) is 0 Å². The maximum absolute atomic E-state index is 13.3. The van der Waals surface area contributed by atoms with Crippen molar-refractivity contribution in [2.75, 3.05) is 30.4 Å². The molecule has 6 heteroatoms. The van der Waals surface area contributed by atoms with Crippen molar-refractivity contribution in [3.8, 4) is 0 Å². The van der Waals surface area contributed by atoms with Crippen molar-refractivity contribution in [1.82, 2.24) is 10.1 Å². The number of carbonyl (C=O) groups is 1. The summed E-state index contributed by atoms with van der Waals surface area (Å²) in [5, 5.41) is 6.83. The standard InChI is InChI=1S/C25H30N4O2/c1-19-17-23(27-31-19)26-25(30)24(20-11-5-3-6-12-20)28(2)18-21-13-7-8-14-22(21)29-15-9-4-10-16-29/h3,5-8,11-14,17,24H,4,9-10,15-16,18H2,1-2H3,(H,26,27,30). The van der Waals surface area contributed by atoms with Crippen LogP contribution in [0, 0.1) is 6.92 Å². The van der Waals surface area contributed by atoms with E-state index in [9.17, 15) is 4.79 Å². The van der Waals surface area contributed by atoms with Crippen LogP contribution in [0.4, 0.5) is 11.5 Å². The highest BCUT2D eigenvalue weighted by atomic mass is 16.5. The number of nitrogens with one attached hydrogen (secondary N) is 1. The van der Waals surface area contributed by atoms with Crippen LogP contribution in [0.15, 0.2) is 65.2 Å². The van der Waals surface area contributed by atoms with E-state index in [0.717, 1.165) is 18.7 Å². The molecule has 2 heterocycles. The van der Waals surface area contributed by atoms with E-state index in [0.29, 0.717) is 18.1 Å². The van der Waals surface area contributed by atoms with Crippen molar-refractivity contribution in [2.24, 2.45) is 0 Å². The van der Waals surface area contributed by atoms with Gasteiger partial charge in [-0.2, -0.15) is 0 Å². The predicted octanol–water partition coefficient (Wildman–Crippen LogP) is 4.79. The average Bonchev–Trinajstić information content (AvgIpc) is 3.20. The zero-order valence-corrected chi connectivity index (χ0v) is 18.3. The van der Waals surface area contributed by atoms with Crippen molar-refractivity contribution in [3.63, 3.8) is 0 Å². The lowest BCUT2D eigenvalue weighted by atomic mass is 10.0. The third-order valence-corrected chi connectivity index (χ3v) is 5.79. The third kappa shape index (κ3) is 5.14. The van der Waals surface area contributed by atoms with Crippen molar-refractivity contribution < 1.29 is 9.32 Å². The van der Waals surface area contributed by atoms with E-state index < -0.39 is 6.04 Å². The Labute approximate surface area is 183 Å². The number of amides is 1. The monoisotopic (exact) mass is 418 g/mol. The topological polar surface area (TPSA) is 61.6 Å². The summed E-state index contributed by atoms with van der Waals surface area (Å²) in [6.07, 6.45) is 3.77. The van der Waals surface area contributed by atoms with E-state index in [1.54, 1.807) is 13.0 Å².